The summed E-state index contributed by atoms with van der Waals surface area (Å²) in [5.41, 5.74) is 3.88. The maximum absolute atomic E-state index is 11.6. The maximum Gasteiger partial charge on any atom is 0.221 e. The molecule has 1 aromatic rings. The second-order valence-electron chi connectivity index (χ2n) is 4.96. The highest BCUT2D eigenvalue weighted by atomic mass is 35.5. The van der Waals surface area contributed by atoms with Crippen LogP contribution in [-0.2, 0) is 11.2 Å². The highest BCUT2D eigenvalue weighted by Crippen LogP contribution is 2.12. The van der Waals surface area contributed by atoms with Crippen LogP contribution in [0.1, 0.15) is 30.0 Å². The van der Waals surface area contributed by atoms with Crippen molar-refractivity contribution in [3.8, 4) is 0 Å². The number of hydrogen-bond donors (Lipinski definition) is 2. The van der Waals surface area contributed by atoms with Gasteiger partial charge in [0.05, 0.1) is 0 Å². The van der Waals surface area contributed by atoms with E-state index in [2.05, 4.69) is 49.6 Å². The third-order valence-corrected chi connectivity index (χ3v) is 3.03. The Morgan fingerprint density at radius 1 is 1.32 bits per heavy atom. The Bertz CT molecular complexity index is 407. The number of carbonyl (C=O) groups excluding carboxylic acids is 1. The summed E-state index contributed by atoms with van der Waals surface area (Å²) in [5.74, 6) is 0.113. The molecule has 1 amide bonds. The number of benzene rings is 1. The summed E-state index contributed by atoms with van der Waals surface area (Å²) < 4.78 is 0. The lowest BCUT2D eigenvalue weighted by molar-refractivity contribution is -0.121. The van der Waals surface area contributed by atoms with E-state index in [4.69, 9.17) is 0 Å². The predicted molar refractivity (Wildman–Crippen MR) is 83.0 cm³/mol. The van der Waals surface area contributed by atoms with Crippen molar-refractivity contribution in [2.24, 2.45) is 0 Å². The molecule has 108 valence electrons. The molecule has 0 aliphatic carbocycles. The quantitative estimate of drug-likeness (QED) is 0.842. The first-order valence-corrected chi connectivity index (χ1v) is 6.53. The molecule has 0 heterocycles. The number of aryl methyl sites for hydroxylation is 2. The molecule has 1 aromatic carbocycles. The first kappa shape index (κ1) is 17.9. The molecule has 2 N–H and O–H groups in total. The summed E-state index contributed by atoms with van der Waals surface area (Å²) in [6.07, 6.45) is 1.42. The Kier molecular flexibility index (Phi) is 8.44. The molecule has 0 saturated heterocycles. The molecule has 1 unspecified atom stereocenters. The number of carbonyl (C=O) groups is 1. The van der Waals surface area contributed by atoms with Gasteiger partial charge in [0.15, 0.2) is 0 Å². The molecule has 0 aromatic heterocycles. The third-order valence-electron chi connectivity index (χ3n) is 3.03. The second kappa shape index (κ2) is 8.94. The van der Waals surface area contributed by atoms with Crippen molar-refractivity contribution in [2.75, 3.05) is 13.6 Å². The van der Waals surface area contributed by atoms with Crippen molar-refractivity contribution in [3.63, 3.8) is 0 Å². The van der Waals surface area contributed by atoms with Gasteiger partial charge in [0.2, 0.25) is 5.91 Å². The Morgan fingerprint density at radius 2 is 2.00 bits per heavy atom. The number of amides is 1. The number of nitrogens with one attached hydrogen (secondary N) is 2. The van der Waals surface area contributed by atoms with E-state index in [-0.39, 0.29) is 24.4 Å². The molecule has 1 atom stereocenters. The largest absolute Gasteiger partial charge is 0.353 e. The van der Waals surface area contributed by atoms with Gasteiger partial charge in [-0.1, -0.05) is 23.8 Å². The fraction of sp³-hybridized carbons (Fsp3) is 0.533. The summed E-state index contributed by atoms with van der Waals surface area (Å²) in [6.45, 7) is 7.00. The molecule has 0 saturated carbocycles. The fourth-order valence-corrected chi connectivity index (χ4v) is 2.04. The summed E-state index contributed by atoms with van der Waals surface area (Å²) >= 11 is 0. The predicted octanol–water partition coefficient (Wildman–Crippen LogP) is 2.38. The highest BCUT2D eigenvalue weighted by Gasteiger charge is 2.09. The molecule has 1 rings (SSSR count). The minimum absolute atomic E-state index is 0. The first-order valence-electron chi connectivity index (χ1n) is 6.53. The lowest BCUT2D eigenvalue weighted by atomic mass is 10.00. The van der Waals surface area contributed by atoms with Crippen LogP contribution in [-0.4, -0.2) is 25.5 Å². The van der Waals surface area contributed by atoms with Crippen molar-refractivity contribution in [2.45, 2.75) is 39.7 Å². The molecule has 0 spiro atoms. The van der Waals surface area contributed by atoms with E-state index in [0.717, 1.165) is 13.0 Å². The summed E-state index contributed by atoms with van der Waals surface area (Å²) in [4.78, 5) is 11.6. The van der Waals surface area contributed by atoms with Crippen molar-refractivity contribution in [3.05, 3.63) is 34.9 Å². The van der Waals surface area contributed by atoms with E-state index >= 15 is 0 Å². The van der Waals surface area contributed by atoms with Gasteiger partial charge in [-0.2, -0.15) is 0 Å². The van der Waals surface area contributed by atoms with Gasteiger partial charge in [-0.3, -0.25) is 4.79 Å². The zero-order valence-electron chi connectivity index (χ0n) is 12.2. The van der Waals surface area contributed by atoms with Gasteiger partial charge in [0, 0.05) is 19.0 Å². The van der Waals surface area contributed by atoms with E-state index in [1.165, 1.54) is 16.7 Å². The van der Waals surface area contributed by atoms with Gasteiger partial charge < -0.3 is 10.6 Å². The maximum atomic E-state index is 11.6. The van der Waals surface area contributed by atoms with Crippen LogP contribution in [0.5, 0.6) is 0 Å². The van der Waals surface area contributed by atoms with Crippen LogP contribution in [0.3, 0.4) is 0 Å². The third kappa shape index (κ3) is 6.60. The summed E-state index contributed by atoms with van der Waals surface area (Å²) in [6, 6.07) is 6.64. The van der Waals surface area contributed by atoms with Gasteiger partial charge in [0.25, 0.3) is 0 Å². The molecular weight excluding hydrogens is 260 g/mol. The average Bonchev–Trinajstić information content (AvgIpc) is 2.30. The highest BCUT2D eigenvalue weighted by molar-refractivity contribution is 5.85. The molecule has 0 bridgehead atoms. The standard InChI is InChI=1S/C15H24N2O.ClH/c1-11-5-6-14(12(2)9-11)10-13(3)17-15(18)7-8-16-4;/h5-6,9,13,16H,7-8,10H2,1-4H3,(H,17,18);1H. The molecule has 0 aliphatic rings. The molecular formula is C15H25ClN2O. The van der Waals surface area contributed by atoms with E-state index in [1.54, 1.807) is 0 Å². The smallest absolute Gasteiger partial charge is 0.221 e. The van der Waals surface area contributed by atoms with Crippen molar-refractivity contribution >= 4 is 18.3 Å². The Labute approximate surface area is 122 Å². The first-order chi connectivity index (χ1) is 8.52. The lowest BCUT2D eigenvalue weighted by Gasteiger charge is -2.15. The van der Waals surface area contributed by atoms with Crippen LogP contribution in [0.2, 0.25) is 0 Å². The van der Waals surface area contributed by atoms with Crippen LogP contribution in [0.4, 0.5) is 0 Å². The van der Waals surface area contributed by atoms with Crippen molar-refractivity contribution < 1.29 is 4.79 Å². The fourth-order valence-electron chi connectivity index (χ4n) is 2.04. The SMILES string of the molecule is CNCCC(=O)NC(C)Cc1ccc(C)cc1C.Cl. The topological polar surface area (TPSA) is 41.1 Å². The van der Waals surface area contributed by atoms with E-state index < -0.39 is 0 Å². The molecule has 4 heteroatoms. The van der Waals surface area contributed by atoms with Gasteiger partial charge in [-0.25, -0.2) is 0 Å². The van der Waals surface area contributed by atoms with Gasteiger partial charge in [-0.15, -0.1) is 12.4 Å². The monoisotopic (exact) mass is 284 g/mol. The molecule has 3 nitrogen and oxygen atoms in total. The minimum atomic E-state index is 0. The molecule has 0 fully saturated rings. The number of rotatable bonds is 6. The van der Waals surface area contributed by atoms with Crippen LogP contribution in [0, 0.1) is 13.8 Å². The normalized spacial score (nSPS) is 11.6. The Hall–Kier alpha value is -1.06. The summed E-state index contributed by atoms with van der Waals surface area (Å²) in [5, 5.41) is 6.00. The van der Waals surface area contributed by atoms with Crippen LogP contribution >= 0.6 is 12.4 Å². The van der Waals surface area contributed by atoms with Gasteiger partial charge in [0.1, 0.15) is 0 Å². The van der Waals surface area contributed by atoms with E-state index in [9.17, 15) is 4.79 Å². The number of hydrogen-bond acceptors (Lipinski definition) is 2. The zero-order chi connectivity index (χ0) is 13.5. The van der Waals surface area contributed by atoms with E-state index in [1.807, 2.05) is 7.05 Å². The second-order valence-corrected chi connectivity index (χ2v) is 4.96. The van der Waals surface area contributed by atoms with Crippen LogP contribution in [0.15, 0.2) is 18.2 Å². The van der Waals surface area contributed by atoms with Crippen molar-refractivity contribution in [1.82, 2.24) is 10.6 Å². The van der Waals surface area contributed by atoms with Crippen LogP contribution in [0.25, 0.3) is 0 Å². The van der Waals surface area contributed by atoms with Gasteiger partial charge in [-0.05, 0) is 45.4 Å². The Balaban J connectivity index is 0.00000324. The zero-order valence-corrected chi connectivity index (χ0v) is 13.1. The molecule has 0 radical (unpaired) electrons. The minimum Gasteiger partial charge on any atom is -0.353 e. The number of halogens is 1. The molecule has 19 heavy (non-hydrogen) atoms. The summed E-state index contributed by atoms with van der Waals surface area (Å²) in [7, 11) is 1.85. The lowest BCUT2D eigenvalue weighted by Crippen LogP contribution is -2.35. The Morgan fingerprint density at radius 3 is 2.58 bits per heavy atom. The van der Waals surface area contributed by atoms with E-state index in [0.29, 0.717) is 6.42 Å². The molecule has 0 aliphatic heterocycles. The van der Waals surface area contributed by atoms with Crippen molar-refractivity contribution in [1.29, 1.82) is 0 Å². The van der Waals surface area contributed by atoms with Gasteiger partial charge >= 0.3 is 0 Å². The van der Waals surface area contributed by atoms with Crippen LogP contribution < -0.4 is 10.6 Å². The average molecular weight is 285 g/mol.